The zero-order valence-corrected chi connectivity index (χ0v) is 32.5. The van der Waals surface area contributed by atoms with Crippen LogP contribution >= 0.6 is 0 Å². The van der Waals surface area contributed by atoms with Gasteiger partial charge in [0.2, 0.25) is 12.4 Å². The van der Waals surface area contributed by atoms with Crippen molar-refractivity contribution in [2.24, 2.45) is 0 Å². The molecule has 0 aromatic heterocycles. The monoisotopic (exact) mass is 752 g/mol. The van der Waals surface area contributed by atoms with Crippen molar-refractivity contribution in [3.05, 3.63) is 144 Å². The molecule has 0 saturated carbocycles. The van der Waals surface area contributed by atoms with E-state index in [2.05, 4.69) is 41.5 Å². The maximum Gasteiger partial charge on any atom is 0.340 e. The SMILES string of the molecule is CC(C)[Si](OC[C@H]1OC(OC(=O)c2ccccc2)[C@@H](OC(=O)c2ccccc2)[C@@H](OC(=O)c2ccccc2)[C@@H]1OC(=O)c1ccccc1)(C(C)C)C(C)C. The molecule has 4 aromatic rings. The summed E-state index contributed by atoms with van der Waals surface area (Å²) in [5.41, 5.74) is 1.38. The number of carbonyl (C=O) groups is 4. The minimum Gasteiger partial charge on any atom is -0.452 e. The first kappa shape index (κ1) is 40.1. The Hall–Kier alpha value is -5.10. The molecule has 1 heterocycles. The van der Waals surface area contributed by atoms with Gasteiger partial charge in [-0.1, -0.05) is 114 Å². The van der Waals surface area contributed by atoms with Crippen LogP contribution in [-0.2, 0) is 28.1 Å². The Balaban J connectivity index is 1.63. The lowest BCUT2D eigenvalue weighted by Gasteiger charge is -2.47. The summed E-state index contributed by atoms with van der Waals surface area (Å²) < 4.78 is 37.9. The van der Waals surface area contributed by atoms with Crippen LogP contribution in [0.3, 0.4) is 0 Å². The van der Waals surface area contributed by atoms with Crippen LogP contribution in [0.15, 0.2) is 121 Å². The van der Waals surface area contributed by atoms with E-state index in [1.165, 1.54) is 0 Å². The van der Waals surface area contributed by atoms with E-state index in [9.17, 15) is 19.2 Å². The quantitative estimate of drug-likeness (QED) is 0.0704. The molecule has 54 heavy (non-hydrogen) atoms. The summed E-state index contributed by atoms with van der Waals surface area (Å²) in [7, 11) is -2.57. The summed E-state index contributed by atoms with van der Waals surface area (Å²) in [5, 5.41) is 0. The van der Waals surface area contributed by atoms with Crippen molar-refractivity contribution >= 4 is 32.2 Å². The molecule has 0 aliphatic carbocycles. The van der Waals surface area contributed by atoms with E-state index >= 15 is 0 Å². The molecule has 1 aliphatic heterocycles. The van der Waals surface area contributed by atoms with Crippen LogP contribution in [0.4, 0.5) is 0 Å². The van der Waals surface area contributed by atoms with E-state index in [4.69, 9.17) is 28.1 Å². The highest BCUT2D eigenvalue weighted by molar-refractivity contribution is 6.77. The van der Waals surface area contributed by atoms with Gasteiger partial charge in [0.05, 0.1) is 28.9 Å². The van der Waals surface area contributed by atoms with Crippen LogP contribution < -0.4 is 0 Å². The fraction of sp³-hybridized carbons (Fsp3) is 0.349. The number of ether oxygens (including phenoxy) is 5. The maximum atomic E-state index is 13.9. The van der Waals surface area contributed by atoms with Crippen molar-refractivity contribution < 1.29 is 47.3 Å². The zero-order chi connectivity index (χ0) is 38.8. The molecule has 11 heteroatoms. The Morgan fingerprint density at radius 2 is 0.796 bits per heavy atom. The molecule has 1 fully saturated rings. The molecular weight excluding hydrogens is 705 g/mol. The summed E-state index contributed by atoms with van der Waals surface area (Å²) in [5.74, 6) is -3.10. The molecule has 1 saturated heterocycles. The average molecular weight is 753 g/mol. The molecule has 284 valence electrons. The highest BCUT2D eigenvalue weighted by Gasteiger charge is 2.55. The zero-order valence-electron chi connectivity index (χ0n) is 31.5. The predicted octanol–water partition coefficient (Wildman–Crippen LogP) is 8.44. The second kappa shape index (κ2) is 18.3. The van der Waals surface area contributed by atoms with E-state index in [1.807, 2.05) is 0 Å². The van der Waals surface area contributed by atoms with E-state index in [1.54, 1.807) is 121 Å². The fourth-order valence-corrected chi connectivity index (χ4v) is 12.7. The first-order valence-electron chi connectivity index (χ1n) is 18.3. The van der Waals surface area contributed by atoms with Gasteiger partial charge in [-0.15, -0.1) is 0 Å². The van der Waals surface area contributed by atoms with E-state index in [0.29, 0.717) is 0 Å². The molecule has 4 aromatic carbocycles. The van der Waals surface area contributed by atoms with Crippen molar-refractivity contribution in [2.45, 2.75) is 88.9 Å². The largest absolute Gasteiger partial charge is 0.452 e. The van der Waals surface area contributed by atoms with Crippen molar-refractivity contribution in [1.82, 2.24) is 0 Å². The molecule has 5 atom stereocenters. The number of carbonyl (C=O) groups excluding carboxylic acids is 4. The van der Waals surface area contributed by atoms with E-state index in [-0.39, 0.29) is 45.5 Å². The van der Waals surface area contributed by atoms with E-state index in [0.717, 1.165) is 0 Å². The van der Waals surface area contributed by atoms with Gasteiger partial charge in [0, 0.05) is 0 Å². The number of hydrogen-bond donors (Lipinski definition) is 0. The van der Waals surface area contributed by atoms with Crippen molar-refractivity contribution in [3.63, 3.8) is 0 Å². The molecule has 5 rings (SSSR count). The topological polar surface area (TPSA) is 124 Å². The Labute approximate surface area is 317 Å². The third kappa shape index (κ3) is 9.33. The predicted molar refractivity (Wildman–Crippen MR) is 204 cm³/mol. The summed E-state index contributed by atoms with van der Waals surface area (Å²) in [4.78, 5) is 55.1. The highest BCUT2D eigenvalue weighted by atomic mass is 28.4. The average Bonchev–Trinajstić information content (AvgIpc) is 3.18. The van der Waals surface area contributed by atoms with Crippen molar-refractivity contribution in [2.75, 3.05) is 6.61 Å². The van der Waals surface area contributed by atoms with Gasteiger partial charge in [-0.2, -0.15) is 0 Å². The Kier molecular flexibility index (Phi) is 13.6. The number of benzene rings is 4. The van der Waals surface area contributed by atoms with Gasteiger partial charge < -0.3 is 28.1 Å². The normalized spacial score (nSPS) is 20.0. The summed E-state index contributed by atoms with van der Waals surface area (Å²) in [6.07, 6.45) is -7.27. The lowest BCUT2D eigenvalue weighted by Crippen LogP contribution is -2.64. The van der Waals surface area contributed by atoms with Crippen LogP contribution in [0.1, 0.15) is 83.0 Å². The first-order chi connectivity index (χ1) is 25.9. The fourth-order valence-electron chi connectivity index (χ4n) is 7.28. The first-order valence-corrected chi connectivity index (χ1v) is 20.4. The van der Waals surface area contributed by atoms with Crippen molar-refractivity contribution in [1.29, 1.82) is 0 Å². The van der Waals surface area contributed by atoms with Gasteiger partial charge in [0.1, 0.15) is 6.10 Å². The number of hydrogen-bond acceptors (Lipinski definition) is 10. The number of esters is 4. The van der Waals surface area contributed by atoms with Gasteiger partial charge in [0.25, 0.3) is 0 Å². The molecule has 1 aliphatic rings. The Morgan fingerprint density at radius 1 is 0.481 bits per heavy atom. The standard InChI is InChI=1S/C43H48O10Si/c1-28(2)54(29(3)4,30(5)6)48-27-35-36(50-39(44)31-19-11-7-12-20-31)37(51-40(45)32-21-13-8-14-22-32)38(52-41(46)33-23-15-9-16-24-33)43(49-35)53-42(47)34-25-17-10-18-26-34/h7-26,28-30,35-38,43H,27H2,1-6H3/t35-,36-,37+,38+,43?/m1/s1. The van der Waals surface area contributed by atoms with Gasteiger partial charge in [-0.05, 0) is 65.2 Å². The molecule has 0 amide bonds. The third-order valence-corrected chi connectivity index (χ3v) is 15.9. The van der Waals surface area contributed by atoms with Crippen LogP contribution in [0.5, 0.6) is 0 Å². The smallest absolute Gasteiger partial charge is 0.340 e. The summed E-state index contributed by atoms with van der Waals surface area (Å²) in [6, 6.07) is 33.0. The van der Waals surface area contributed by atoms with Crippen LogP contribution in [0, 0.1) is 0 Å². The molecule has 1 unspecified atom stereocenters. The van der Waals surface area contributed by atoms with Gasteiger partial charge in [-0.3, -0.25) is 0 Å². The van der Waals surface area contributed by atoms with Gasteiger partial charge >= 0.3 is 23.9 Å². The van der Waals surface area contributed by atoms with Crippen LogP contribution in [-0.4, -0.2) is 69.5 Å². The molecule has 10 nitrogen and oxygen atoms in total. The molecule has 0 N–H and O–H groups in total. The summed E-state index contributed by atoms with van der Waals surface area (Å²) >= 11 is 0. The maximum absolute atomic E-state index is 13.9. The van der Waals surface area contributed by atoms with Gasteiger partial charge in [0.15, 0.2) is 20.5 Å². The molecule has 0 radical (unpaired) electrons. The molecule has 0 bridgehead atoms. The van der Waals surface area contributed by atoms with Crippen LogP contribution in [0.2, 0.25) is 16.6 Å². The van der Waals surface area contributed by atoms with Gasteiger partial charge in [-0.25, -0.2) is 19.2 Å². The lowest BCUT2D eigenvalue weighted by atomic mass is 9.97. The minimum atomic E-state index is -2.57. The molecule has 0 spiro atoms. The second-order valence-electron chi connectivity index (χ2n) is 14.2. The third-order valence-electron chi connectivity index (χ3n) is 9.79. The van der Waals surface area contributed by atoms with Crippen molar-refractivity contribution in [3.8, 4) is 0 Å². The summed E-state index contributed by atoms with van der Waals surface area (Å²) in [6.45, 7) is 12.7. The van der Waals surface area contributed by atoms with E-state index < -0.39 is 62.9 Å². The Bertz CT molecular complexity index is 1810. The van der Waals surface area contributed by atoms with Crippen LogP contribution in [0.25, 0.3) is 0 Å². The Morgan fingerprint density at radius 3 is 1.15 bits per heavy atom. The second-order valence-corrected chi connectivity index (χ2v) is 19.6. The lowest BCUT2D eigenvalue weighted by molar-refractivity contribution is -0.282. The molecular formula is C43H48O10Si. The number of rotatable bonds is 14. The minimum absolute atomic E-state index is 0.106. The highest BCUT2D eigenvalue weighted by Crippen LogP contribution is 2.43.